The number of hydrogen-bond acceptors (Lipinski definition) is 7. The zero-order chi connectivity index (χ0) is 32.3. The van der Waals surface area contributed by atoms with Crippen molar-refractivity contribution in [3.8, 4) is 23.0 Å². The second kappa shape index (κ2) is 15.8. The summed E-state index contributed by atoms with van der Waals surface area (Å²) in [5, 5.41) is 10.2. The number of methoxy groups -OCH3 is 2. The highest BCUT2D eigenvalue weighted by atomic mass is 19.1. The maximum absolute atomic E-state index is 14.0. The van der Waals surface area contributed by atoms with Crippen LogP contribution < -0.4 is 24.3 Å². The second-order valence-electron chi connectivity index (χ2n) is 10.3. The van der Waals surface area contributed by atoms with Crippen LogP contribution in [0.2, 0.25) is 0 Å². The van der Waals surface area contributed by atoms with Gasteiger partial charge in [-0.3, -0.25) is 9.59 Å². The number of amides is 1. The van der Waals surface area contributed by atoms with E-state index in [0.29, 0.717) is 48.9 Å². The highest BCUT2D eigenvalue weighted by molar-refractivity contribution is 6.02. The third kappa shape index (κ3) is 8.91. The summed E-state index contributed by atoms with van der Waals surface area (Å²) in [7, 11) is 3.21. The minimum absolute atomic E-state index is 0.0132. The van der Waals surface area contributed by atoms with Crippen molar-refractivity contribution in [1.29, 1.82) is 0 Å². The number of carbonyl (C=O) groups excluding carboxylic acids is 1. The Morgan fingerprint density at radius 3 is 2.11 bits per heavy atom. The normalized spacial score (nSPS) is 14.2. The van der Waals surface area contributed by atoms with E-state index in [0.717, 1.165) is 41.7 Å². The first kappa shape index (κ1) is 33.2. The van der Waals surface area contributed by atoms with Crippen LogP contribution in [0.15, 0.2) is 60.2 Å². The lowest BCUT2D eigenvalue weighted by atomic mass is 9.93. The predicted molar refractivity (Wildman–Crippen MR) is 160 cm³/mol. The Hall–Kier alpha value is -4.71. The lowest BCUT2D eigenvalue weighted by Crippen LogP contribution is -2.39. The van der Waals surface area contributed by atoms with Gasteiger partial charge in [0.1, 0.15) is 36.3 Å². The Morgan fingerprint density at radius 1 is 0.933 bits per heavy atom. The van der Waals surface area contributed by atoms with Crippen molar-refractivity contribution in [2.24, 2.45) is 0 Å². The number of halogens is 3. The number of rotatable bonds is 12. The highest BCUT2D eigenvalue weighted by Crippen LogP contribution is 2.34. The maximum atomic E-state index is 14.0. The summed E-state index contributed by atoms with van der Waals surface area (Å²) in [4.78, 5) is 24.3. The van der Waals surface area contributed by atoms with E-state index in [-0.39, 0.29) is 31.6 Å². The third-order valence-corrected chi connectivity index (χ3v) is 7.25. The molecule has 0 unspecified atom stereocenters. The summed E-state index contributed by atoms with van der Waals surface area (Å²) >= 11 is 0. The average Bonchev–Trinajstić information content (AvgIpc) is 3.88. The first-order valence-corrected chi connectivity index (χ1v) is 14.3. The van der Waals surface area contributed by atoms with E-state index in [1.165, 1.54) is 0 Å². The van der Waals surface area contributed by atoms with Gasteiger partial charge in [-0.25, -0.2) is 13.2 Å². The van der Waals surface area contributed by atoms with Crippen molar-refractivity contribution < 1.29 is 46.8 Å². The second-order valence-corrected chi connectivity index (χ2v) is 10.3. The Morgan fingerprint density at radius 2 is 1.53 bits per heavy atom. The molecule has 2 aliphatic rings. The summed E-state index contributed by atoms with van der Waals surface area (Å²) < 4.78 is 62.2. The van der Waals surface area contributed by atoms with Gasteiger partial charge in [-0.15, -0.1) is 0 Å². The molecule has 0 aromatic heterocycles. The van der Waals surface area contributed by atoms with Crippen molar-refractivity contribution in [3.63, 3.8) is 0 Å². The Bertz CT molecular complexity index is 1470. The molecule has 3 aromatic carbocycles. The number of carboxylic acid groups (broad SMARTS) is 1. The molecule has 2 N–H and O–H groups in total. The first-order chi connectivity index (χ1) is 21.8. The number of nitrogens with zero attached hydrogens (tertiary/aromatic N) is 1. The van der Waals surface area contributed by atoms with Crippen LogP contribution in [-0.4, -0.2) is 69.0 Å². The summed E-state index contributed by atoms with van der Waals surface area (Å²) in [5.41, 5.74) is 3.60. The number of benzene rings is 3. The van der Waals surface area contributed by atoms with Crippen molar-refractivity contribution in [2.75, 3.05) is 40.5 Å². The molecule has 0 radical (unpaired) electrons. The Balaban J connectivity index is 0.00000148. The molecule has 3 aromatic rings. The topological polar surface area (TPSA) is 107 Å². The molecule has 9 nitrogen and oxygen atoms in total. The largest absolute Gasteiger partial charge is 0.497 e. The molecule has 1 aliphatic heterocycles. The average molecular weight is 629 g/mol. The number of ether oxygens (including phenoxy) is 4. The molecule has 5 rings (SSSR count). The van der Waals surface area contributed by atoms with Crippen molar-refractivity contribution >= 4 is 18.0 Å². The number of hydrogen-bond donors (Lipinski definition) is 2. The van der Waals surface area contributed by atoms with Gasteiger partial charge in [0.25, 0.3) is 12.4 Å². The summed E-state index contributed by atoms with van der Waals surface area (Å²) in [6.07, 6.45) is 2.65. The van der Waals surface area contributed by atoms with Crippen LogP contribution in [0.5, 0.6) is 23.0 Å². The van der Waals surface area contributed by atoms with E-state index in [1.54, 1.807) is 26.4 Å². The third-order valence-electron chi connectivity index (χ3n) is 7.25. The Kier molecular flexibility index (Phi) is 11.7. The molecule has 0 spiro atoms. The van der Waals surface area contributed by atoms with Gasteiger partial charge in [0.2, 0.25) is 0 Å². The minimum atomic E-state index is -1.11. The quantitative estimate of drug-likeness (QED) is 0.208. The highest BCUT2D eigenvalue weighted by Gasteiger charge is 2.35. The monoisotopic (exact) mass is 628 g/mol. The van der Waals surface area contributed by atoms with E-state index in [1.807, 2.05) is 35.2 Å². The van der Waals surface area contributed by atoms with Crippen LogP contribution in [0.3, 0.4) is 0 Å². The van der Waals surface area contributed by atoms with Crippen LogP contribution in [0, 0.1) is 17.5 Å². The van der Waals surface area contributed by atoms with Crippen molar-refractivity contribution in [1.82, 2.24) is 10.2 Å². The van der Waals surface area contributed by atoms with Gasteiger partial charge >= 0.3 is 0 Å². The lowest BCUT2D eigenvalue weighted by molar-refractivity contribution is -0.128. The fourth-order valence-corrected chi connectivity index (χ4v) is 5.01. The standard InChI is InChI=1S/C32H33F3N2O5.CH2O2/c1-39-25-13-20(14-26(17-25)40-2)19-37(23-5-6-23)32(38)28-18-36-10-9-27(28)21-3-7-24(8-4-21)41-11-12-42-31-29(34)15-22(33)16-30(31)35;2-1-3/h3-4,7-8,13-17,23,36H,5-6,9-12,18-19H2,1-2H3;1H,(H,2,3). The summed E-state index contributed by atoms with van der Waals surface area (Å²) in [5.74, 6) is -1.97. The SMILES string of the molecule is COc1cc(CN(C(=O)C2=C(c3ccc(OCCOc4c(F)cc(F)cc4F)cc3)CCNC2)C2CC2)cc(OC)c1.O=CO. The number of nitrogens with one attached hydrogen (secondary N) is 1. The van der Waals surface area contributed by atoms with Crippen molar-refractivity contribution in [2.45, 2.75) is 31.8 Å². The maximum Gasteiger partial charge on any atom is 0.290 e. The fourth-order valence-electron chi connectivity index (χ4n) is 5.01. The van der Waals surface area contributed by atoms with Gasteiger partial charge < -0.3 is 34.3 Å². The van der Waals surface area contributed by atoms with Crippen LogP contribution >= 0.6 is 0 Å². The van der Waals surface area contributed by atoms with Gasteiger partial charge in [-0.1, -0.05) is 12.1 Å². The van der Waals surface area contributed by atoms with Crippen LogP contribution in [0.25, 0.3) is 5.57 Å². The van der Waals surface area contributed by atoms with Crippen LogP contribution in [-0.2, 0) is 16.1 Å². The summed E-state index contributed by atoms with van der Waals surface area (Å²) in [6.45, 7) is 1.33. The first-order valence-electron chi connectivity index (χ1n) is 14.3. The van der Waals surface area contributed by atoms with E-state index < -0.39 is 23.2 Å². The molecule has 1 amide bonds. The molecule has 45 heavy (non-hydrogen) atoms. The molecule has 1 fully saturated rings. The molecular formula is C33H35F3N2O7. The lowest BCUT2D eigenvalue weighted by Gasteiger charge is -2.28. The van der Waals surface area contributed by atoms with Gasteiger partial charge in [-0.05, 0) is 66.8 Å². The van der Waals surface area contributed by atoms with Crippen LogP contribution in [0.1, 0.15) is 30.4 Å². The van der Waals surface area contributed by atoms with Gasteiger partial charge in [0.05, 0.1) is 14.2 Å². The van der Waals surface area contributed by atoms with Crippen LogP contribution in [0.4, 0.5) is 13.2 Å². The molecule has 1 saturated carbocycles. The van der Waals surface area contributed by atoms with E-state index >= 15 is 0 Å². The molecule has 0 bridgehead atoms. The molecular weight excluding hydrogens is 593 g/mol. The molecule has 0 atom stereocenters. The smallest absolute Gasteiger partial charge is 0.290 e. The van der Waals surface area contributed by atoms with Crippen molar-refractivity contribution in [3.05, 3.63) is 88.7 Å². The summed E-state index contributed by atoms with van der Waals surface area (Å²) in [6, 6.07) is 14.4. The zero-order valence-corrected chi connectivity index (χ0v) is 25.0. The fraction of sp³-hybridized carbons (Fsp3) is 0.333. The van der Waals surface area contributed by atoms with Gasteiger partial charge in [0, 0.05) is 42.9 Å². The van der Waals surface area contributed by atoms with Gasteiger partial charge in [0.15, 0.2) is 17.4 Å². The molecule has 1 heterocycles. The van der Waals surface area contributed by atoms with E-state index in [4.69, 9.17) is 28.8 Å². The molecule has 12 heteroatoms. The zero-order valence-electron chi connectivity index (χ0n) is 25.0. The minimum Gasteiger partial charge on any atom is -0.497 e. The molecule has 0 saturated heterocycles. The van der Waals surface area contributed by atoms with E-state index in [2.05, 4.69) is 5.32 Å². The molecule has 1 aliphatic carbocycles. The van der Waals surface area contributed by atoms with Gasteiger partial charge in [-0.2, -0.15) is 0 Å². The Labute approximate surface area is 259 Å². The van der Waals surface area contributed by atoms with E-state index in [9.17, 15) is 18.0 Å². The predicted octanol–water partition coefficient (Wildman–Crippen LogP) is 5.22. The number of carbonyl (C=O) groups is 2. The molecule has 240 valence electrons.